The van der Waals surface area contributed by atoms with Crippen LogP contribution in [0, 0.1) is 37.8 Å². The number of hydrogen-bond acceptors (Lipinski definition) is 7. The fourth-order valence-electron chi connectivity index (χ4n) is 3.74. The normalized spacial score (nSPS) is 14.6. The monoisotopic (exact) mass is 505 g/mol. The van der Waals surface area contributed by atoms with Gasteiger partial charge < -0.3 is 9.73 Å². The van der Waals surface area contributed by atoms with Gasteiger partial charge in [-0.1, -0.05) is 12.1 Å². The van der Waals surface area contributed by atoms with E-state index >= 15 is 0 Å². The van der Waals surface area contributed by atoms with E-state index in [9.17, 15) is 24.5 Å². The molecule has 10 heteroatoms. The number of nitro benzene ring substituents is 1. The maximum atomic E-state index is 12.8. The number of hydrogen-bond donors (Lipinski definition) is 1. The van der Waals surface area contributed by atoms with E-state index in [1.165, 1.54) is 12.1 Å². The first-order chi connectivity index (χ1) is 17.0. The third-order valence-corrected chi connectivity index (χ3v) is 6.98. The Kier molecular flexibility index (Phi) is 6.80. The Balaban J connectivity index is 1.50. The Morgan fingerprint density at radius 1 is 1.08 bits per heavy atom. The van der Waals surface area contributed by atoms with Crippen molar-refractivity contribution in [2.45, 2.75) is 27.7 Å². The number of anilines is 1. The zero-order chi connectivity index (χ0) is 26.1. The lowest BCUT2D eigenvalue weighted by atomic mass is 10.0. The van der Waals surface area contributed by atoms with Gasteiger partial charge in [0.05, 0.1) is 9.83 Å². The van der Waals surface area contributed by atoms with Crippen LogP contribution >= 0.6 is 11.8 Å². The van der Waals surface area contributed by atoms with Crippen LogP contribution in [-0.4, -0.2) is 33.4 Å². The molecule has 3 amide bonds. The molecule has 9 nitrogen and oxygen atoms in total. The Hall–Kier alpha value is -4.18. The van der Waals surface area contributed by atoms with Crippen LogP contribution in [0.2, 0.25) is 0 Å². The number of nitrogens with one attached hydrogen (secondary N) is 1. The first-order valence-electron chi connectivity index (χ1n) is 11.0. The molecule has 0 atom stereocenters. The Morgan fingerprint density at radius 2 is 1.83 bits per heavy atom. The number of imide groups is 1. The van der Waals surface area contributed by atoms with Gasteiger partial charge in [0, 0.05) is 29.0 Å². The molecule has 1 saturated heterocycles. The van der Waals surface area contributed by atoms with Gasteiger partial charge in [0.25, 0.3) is 16.8 Å². The zero-order valence-corrected chi connectivity index (χ0v) is 20.9. The lowest BCUT2D eigenvalue weighted by Crippen LogP contribution is -2.36. The molecule has 3 aromatic rings. The molecule has 0 saturated carbocycles. The van der Waals surface area contributed by atoms with Gasteiger partial charge in [0.2, 0.25) is 5.91 Å². The molecule has 1 aliphatic rings. The summed E-state index contributed by atoms with van der Waals surface area (Å²) in [6, 6.07) is 12.0. The van der Waals surface area contributed by atoms with Gasteiger partial charge in [-0.05, 0) is 80.4 Å². The van der Waals surface area contributed by atoms with Crippen molar-refractivity contribution in [3.05, 3.63) is 85.5 Å². The van der Waals surface area contributed by atoms with Crippen LogP contribution in [0.25, 0.3) is 17.4 Å². The first kappa shape index (κ1) is 24.9. The molecule has 2 aromatic carbocycles. The predicted octanol–water partition coefficient (Wildman–Crippen LogP) is 5.76. The summed E-state index contributed by atoms with van der Waals surface area (Å²) >= 11 is 0.716. The highest BCUT2D eigenvalue weighted by atomic mass is 32.2. The second-order valence-electron chi connectivity index (χ2n) is 8.46. The number of furan rings is 1. The van der Waals surface area contributed by atoms with Gasteiger partial charge in [0.15, 0.2) is 0 Å². The molecule has 1 aromatic heterocycles. The third-order valence-electron chi connectivity index (χ3n) is 6.08. The van der Waals surface area contributed by atoms with Gasteiger partial charge in [-0.25, -0.2) is 0 Å². The van der Waals surface area contributed by atoms with E-state index in [2.05, 4.69) is 5.32 Å². The molecular formula is C26H23N3O6S. The van der Waals surface area contributed by atoms with Crippen LogP contribution in [0.1, 0.15) is 28.0 Å². The summed E-state index contributed by atoms with van der Waals surface area (Å²) in [4.78, 5) is 49.7. The minimum atomic E-state index is -0.596. The summed E-state index contributed by atoms with van der Waals surface area (Å²) in [5, 5.41) is 13.6. The summed E-state index contributed by atoms with van der Waals surface area (Å²) in [7, 11) is 0. The van der Waals surface area contributed by atoms with E-state index in [1.54, 1.807) is 38.1 Å². The molecule has 36 heavy (non-hydrogen) atoms. The lowest BCUT2D eigenvalue weighted by molar-refractivity contribution is -0.385. The average molecular weight is 506 g/mol. The molecule has 1 N–H and O–H groups in total. The quantitative estimate of drug-likeness (QED) is 0.256. The Labute approximate surface area is 211 Å². The summed E-state index contributed by atoms with van der Waals surface area (Å²) in [5.74, 6) is -0.388. The van der Waals surface area contributed by atoms with Gasteiger partial charge in [0.1, 0.15) is 18.1 Å². The number of carbonyl (C=O) groups is 3. The molecule has 0 unspecified atom stereocenters. The predicted molar refractivity (Wildman–Crippen MR) is 137 cm³/mol. The molecule has 1 fully saturated rings. The van der Waals surface area contributed by atoms with Crippen LogP contribution in [0.5, 0.6) is 0 Å². The zero-order valence-electron chi connectivity index (χ0n) is 20.1. The van der Waals surface area contributed by atoms with Crippen molar-refractivity contribution in [2.75, 3.05) is 11.9 Å². The highest BCUT2D eigenvalue weighted by molar-refractivity contribution is 8.18. The summed E-state index contributed by atoms with van der Waals surface area (Å²) in [5.41, 5.74) is 4.38. The van der Waals surface area contributed by atoms with Crippen molar-refractivity contribution in [3.8, 4) is 11.3 Å². The second-order valence-corrected chi connectivity index (χ2v) is 9.45. The van der Waals surface area contributed by atoms with Crippen molar-refractivity contribution >= 4 is 46.3 Å². The standard InChI is InChI=1S/C26H23N3O6S/c1-14-6-5-7-20(16(14)3)27-24(30)13-28-25(31)23(36-26(28)32)12-19-8-9-22(35-19)18-10-15(2)17(4)21(11-18)29(33)34/h5-12H,13H2,1-4H3,(H,27,30)/b23-12+. The smallest absolute Gasteiger partial charge is 0.294 e. The molecule has 2 heterocycles. The van der Waals surface area contributed by atoms with E-state index in [0.29, 0.717) is 40.1 Å². The fourth-order valence-corrected chi connectivity index (χ4v) is 4.56. The van der Waals surface area contributed by atoms with Gasteiger partial charge in [-0.3, -0.25) is 29.4 Å². The Bertz CT molecular complexity index is 1460. The van der Waals surface area contributed by atoms with Crippen LogP contribution in [0.15, 0.2) is 51.8 Å². The highest BCUT2D eigenvalue weighted by Crippen LogP contribution is 2.35. The topological polar surface area (TPSA) is 123 Å². The minimum absolute atomic E-state index is 0.0109. The number of carbonyl (C=O) groups excluding carboxylic acids is 3. The van der Waals surface area contributed by atoms with Crippen molar-refractivity contribution in [1.82, 2.24) is 4.90 Å². The van der Waals surface area contributed by atoms with Crippen LogP contribution in [0.4, 0.5) is 16.2 Å². The van der Waals surface area contributed by atoms with E-state index in [1.807, 2.05) is 26.0 Å². The summed E-state index contributed by atoms with van der Waals surface area (Å²) in [6.45, 7) is 6.85. The number of rotatable bonds is 6. The number of benzene rings is 2. The van der Waals surface area contributed by atoms with Crippen molar-refractivity contribution in [3.63, 3.8) is 0 Å². The van der Waals surface area contributed by atoms with Crippen LogP contribution in [0.3, 0.4) is 0 Å². The molecule has 0 bridgehead atoms. The summed E-state index contributed by atoms with van der Waals surface area (Å²) in [6.07, 6.45) is 1.42. The molecule has 4 rings (SSSR count). The van der Waals surface area contributed by atoms with Gasteiger partial charge in [-0.15, -0.1) is 0 Å². The van der Waals surface area contributed by atoms with Crippen molar-refractivity contribution < 1.29 is 23.7 Å². The number of nitro groups is 1. The Morgan fingerprint density at radius 3 is 2.56 bits per heavy atom. The molecule has 0 aliphatic carbocycles. The molecular weight excluding hydrogens is 482 g/mol. The number of nitrogens with zero attached hydrogens (tertiary/aromatic N) is 2. The van der Waals surface area contributed by atoms with E-state index in [4.69, 9.17) is 4.42 Å². The molecule has 1 aliphatic heterocycles. The maximum Gasteiger partial charge on any atom is 0.294 e. The largest absolute Gasteiger partial charge is 0.457 e. The lowest BCUT2D eigenvalue weighted by Gasteiger charge is -2.14. The van der Waals surface area contributed by atoms with Crippen molar-refractivity contribution in [1.29, 1.82) is 0 Å². The number of thioether (sulfide) groups is 1. The average Bonchev–Trinajstić information content (AvgIpc) is 3.39. The highest BCUT2D eigenvalue weighted by Gasteiger charge is 2.36. The number of aryl methyl sites for hydroxylation is 2. The third kappa shape index (κ3) is 4.94. The van der Waals surface area contributed by atoms with Gasteiger partial charge in [-0.2, -0.15) is 0 Å². The fraction of sp³-hybridized carbons (Fsp3) is 0.192. The van der Waals surface area contributed by atoms with E-state index < -0.39 is 28.5 Å². The summed E-state index contributed by atoms with van der Waals surface area (Å²) < 4.78 is 5.79. The SMILES string of the molecule is Cc1cccc(NC(=O)CN2C(=O)S/C(=C/c3ccc(-c4cc(C)c(C)c([N+](=O)[O-])c4)o3)C2=O)c1C. The van der Waals surface area contributed by atoms with Crippen LogP contribution < -0.4 is 5.32 Å². The first-order valence-corrected chi connectivity index (χ1v) is 11.8. The minimum Gasteiger partial charge on any atom is -0.457 e. The molecule has 0 spiro atoms. The molecule has 184 valence electrons. The van der Waals surface area contributed by atoms with E-state index in [0.717, 1.165) is 21.6 Å². The molecule has 0 radical (unpaired) electrons. The number of amides is 3. The van der Waals surface area contributed by atoms with Crippen LogP contribution in [-0.2, 0) is 9.59 Å². The maximum absolute atomic E-state index is 12.8. The van der Waals surface area contributed by atoms with E-state index in [-0.39, 0.29) is 10.6 Å². The van der Waals surface area contributed by atoms with Crippen molar-refractivity contribution in [2.24, 2.45) is 0 Å². The second kappa shape index (κ2) is 9.82. The van der Waals surface area contributed by atoms with Gasteiger partial charge >= 0.3 is 0 Å².